The smallest absolute Gasteiger partial charge is 0.183 e. The normalized spacial score (nSPS) is 10.3. The lowest BCUT2D eigenvalue weighted by Gasteiger charge is -1.96. The molecule has 0 spiro atoms. The van der Waals surface area contributed by atoms with Gasteiger partial charge in [0.1, 0.15) is 18.2 Å². The first-order chi connectivity index (χ1) is 5.42. The minimum atomic E-state index is 0.544. The molecule has 2 rings (SSSR count). The molecule has 0 radical (unpaired) electrons. The van der Waals surface area contributed by atoms with Gasteiger partial charge in [0.25, 0.3) is 0 Å². The minimum absolute atomic E-state index is 0.544. The highest BCUT2D eigenvalue weighted by atomic mass is 16.5. The first kappa shape index (κ1) is 6.05. The number of nitrogens with one attached hydrogen (secondary N) is 1. The molecule has 11 heavy (non-hydrogen) atoms. The van der Waals surface area contributed by atoms with Crippen LogP contribution in [0.1, 0.15) is 0 Å². The summed E-state index contributed by atoms with van der Waals surface area (Å²) >= 11 is 0. The molecule has 2 aromatic heterocycles. The number of rotatable bonds is 1. The van der Waals surface area contributed by atoms with E-state index in [1.807, 2.05) is 5.59 Å². The molecule has 0 aliphatic carbocycles. The fourth-order valence-electron chi connectivity index (χ4n) is 0.840. The largest absolute Gasteiger partial charge is 0.275 e. The molecule has 0 fully saturated rings. The van der Waals surface area contributed by atoms with Gasteiger partial charge >= 0.3 is 0 Å². The molecule has 0 aliphatic heterocycles. The molecule has 0 unspecified atom stereocenters. The Morgan fingerprint density at radius 1 is 1.45 bits per heavy atom. The standard InChI is InChI=1S/C5H5N5O/c11-9-10-3-8-4-1-6-2-7-5(4)10/h1-3,9,11H. The molecular weight excluding hydrogens is 146 g/mol. The van der Waals surface area contributed by atoms with Gasteiger partial charge in [0.2, 0.25) is 0 Å². The van der Waals surface area contributed by atoms with Crippen LogP contribution in [0.3, 0.4) is 0 Å². The van der Waals surface area contributed by atoms with E-state index in [9.17, 15) is 0 Å². The summed E-state index contributed by atoms with van der Waals surface area (Å²) in [5.41, 5.74) is 3.09. The molecule has 0 saturated heterocycles. The number of hydrogen-bond acceptors (Lipinski definition) is 5. The van der Waals surface area contributed by atoms with Crippen LogP contribution in [0.2, 0.25) is 0 Å². The molecule has 2 aromatic rings. The Labute approximate surface area is 61.5 Å². The maximum atomic E-state index is 8.54. The van der Waals surface area contributed by atoms with Crippen LogP contribution in [-0.2, 0) is 0 Å². The lowest BCUT2D eigenvalue weighted by molar-refractivity contribution is 0.321. The Bertz CT molecular complexity index is 370. The van der Waals surface area contributed by atoms with E-state index in [1.54, 1.807) is 6.20 Å². The van der Waals surface area contributed by atoms with Crippen LogP contribution >= 0.6 is 0 Å². The van der Waals surface area contributed by atoms with Crippen molar-refractivity contribution in [1.29, 1.82) is 0 Å². The molecule has 0 aromatic carbocycles. The second-order valence-corrected chi connectivity index (χ2v) is 1.95. The minimum Gasteiger partial charge on any atom is -0.275 e. The van der Waals surface area contributed by atoms with E-state index in [2.05, 4.69) is 15.0 Å². The monoisotopic (exact) mass is 151 g/mol. The van der Waals surface area contributed by atoms with Crippen molar-refractivity contribution in [2.45, 2.75) is 0 Å². The predicted molar refractivity (Wildman–Crippen MR) is 36.5 cm³/mol. The summed E-state index contributed by atoms with van der Waals surface area (Å²) in [6.07, 6.45) is 4.37. The summed E-state index contributed by atoms with van der Waals surface area (Å²) in [5, 5.41) is 8.54. The Hall–Kier alpha value is -1.69. The maximum absolute atomic E-state index is 8.54. The van der Waals surface area contributed by atoms with Gasteiger partial charge in [-0.15, -0.1) is 0 Å². The fraction of sp³-hybridized carbons (Fsp3) is 0. The van der Waals surface area contributed by atoms with Crippen molar-refractivity contribution in [2.75, 3.05) is 5.59 Å². The number of hydrogen-bond donors (Lipinski definition) is 2. The summed E-state index contributed by atoms with van der Waals surface area (Å²) in [4.78, 5) is 11.5. The van der Waals surface area contributed by atoms with Crippen molar-refractivity contribution in [1.82, 2.24) is 19.6 Å². The summed E-state index contributed by atoms with van der Waals surface area (Å²) in [6.45, 7) is 0. The first-order valence-electron chi connectivity index (χ1n) is 2.95. The van der Waals surface area contributed by atoms with Crippen LogP contribution in [0.4, 0.5) is 0 Å². The van der Waals surface area contributed by atoms with E-state index >= 15 is 0 Å². The van der Waals surface area contributed by atoms with Crippen LogP contribution in [0.15, 0.2) is 18.9 Å². The van der Waals surface area contributed by atoms with Crippen LogP contribution in [0, 0.1) is 0 Å². The molecule has 0 saturated carbocycles. The number of aromatic nitrogens is 4. The Morgan fingerprint density at radius 2 is 2.36 bits per heavy atom. The van der Waals surface area contributed by atoms with Gasteiger partial charge in [0, 0.05) is 0 Å². The summed E-state index contributed by atoms with van der Waals surface area (Å²) in [6, 6.07) is 0. The third-order valence-corrected chi connectivity index (χ3v) is 1.32. The van der Waals surface area contributed by atoms with Gasteiger partial charge in [-0.2, -0.15) is 0 Å². The molecule has 6 nitrogen and oxygen atoms in total. The van der Waals surface area contributed by atoms with E-state index in [0.29, 0.717) is 11.2 Å². The third kappa shape index (κ3) is 0.802. The summed E-state index contributed by atoms with van der Waals surface area (Å²) < 4.78 is 1.29. The predicted octanol–water partition coefficient (Wildman–Crippen LogP) is -0.241. The quantitative estimate of drug-likeness (QED) is 0.550. The van der Waals surface area contributed by atoms with Crippen LogP contribution in [0.5, 0.6) is 0 Å². The third-order valence-electron chi connectivity index (χ3n) is 1.32. The summed E-state index contributed by atoms with van der Waals surface area (Å²) in [5.74, 6) is 0. The molecular formula is C5H5N5O. The highest BCUT2D eigenvalue weighted by Gasteiger charge is 2.00. The van der Waals surface area contributed by atoms with Crippen molar-refractivity contribution in [2.24, 2.45) is 0 Å². The molecule has 2 heterocycles. The second-order valence-electron chi connectivity index (χ2n) is 1.95. The second kappa shape index (κ2) is 2.17. The molecule has 2 N–H and O–H groups in total. The maximum Gasteiger partial charge on any atom is 0.183 e. The van der Waals surface area contributed by atoms with E-state index in [1.165, 1.54) is 17.3 Å². The zero-order valence-electron chi connectivity index (χ0n) is 5.47. The number of fused-ring (bicyclic) bond motifs is 1. The lowest BCUT2D eigenvalue weighted by Crippen LogP contribution is -2.08. The highest BCUT2D eigenvalue weighted by molar-refractivity contribution is 5.68. The van der Waals surface area contributed by atoms with E-state index in [4.69, 9.17) is 5.21 Å². The summed E-state index contributed by atoms with van der Waals surface area (Å²) in [7, 11) is 0. The highest BCUT2D eigenvalue weighted by Crippen LogP contribution is 2.03. The van der Waals surface area contributed by atoms with Crippen LogP contribution < -0.4 is 5.59 Å². The van der Waals surface area contributed by atoms with Crippen LogP contribution in [0.25, 0.3) is 11.2 Å². The topological polar surface area (TPSA) is 75.9 Å². The number of nitrogens with zero attached hydrogens (tertiary/aromatic N) is 4. The van der Waals surface area contributed by atoms with Gasteiger partial charge in [-0.3, -0.25) is 5.21 Å². The fourth-order valence-corrected chi connectivity index (χ4v) is 0.840. The van der Waals surface area contributed by atoms with E-state index in [0.717, 1.165) is 0 Å². The van der Waals surface area contributed by atoms with Gasteiger partial charge in [-0.25, -0.2) is 25.2 Å². The molecule has 6 heteroatoms. The average molecular weight is 151 g/mol. The zero-order valence-corrected chi connectivity index (χ0v) is 5.47. The first-order valence-corrected chi connectivity index (χ1v) is 2.95. The molecule has 56 valence electrons. The van der Waals surface area contributed by atoms with E-state index < -0.39 is 0 Å². The van der Waals surface area contributed by atoms with Gasteiger partial charge in [-0.05, 0) is 0 Å². The Morgan fingerprint density at radius 3 is 3.18 bits per heavy atom. The van der Waals surface area contributed by atoms with Gasteiger partial charge in [0.05, 0.1) is 6.20 Å². The molecule has 0 atom stereocenters. The van der Waals surface area contributed by atoms with Gasteiger partial charge in [0.15, 0.2) is 5.65 Å². The molecule has 0 aliphatic rings. The van der Waals surface area contributed by atoms with Gasteiger partial charge < -0.3 is 0 Å². The molecule has 0 bridgehead atoms. The van der Waals surface area contributed by atoms with Crippen molar-refractivity contribution in [3.63, 3.8) is 0 Å². The zero-order chi connectivity index (χ0) is 7.68. The average Bonchev–Trinajstić information content (AvgIpc) is 2.47. The van der Waals surface area contributed by atoms with E-state index in [-0.39, 0.29) is 0 Å². The van der Waals surface area contributed by atoms with Crippen molar-refractivity contribution < 1.29 is 5.21 Å². The number of imidazole rings is 1. The van der Waals surface area contributed by atoms with Crippen molar-refractivity contribution in [3.8, 4) is 0 Å². The van der Waals surface area contributed by atoms with Crippen LogP contribution in [-0.4, -0.2) is 24.8 Å². The lowest BCUT2D eigenvalue weighted by atomic mass is 10.6. The molecule has 0 amide bonds. The SMILES string of the molecule is ONn1cnc2cncnc21. The van der Waals surface area contributed by atoms with Crippen molar-refractivity contribution in [3.05, 3.63) is 18.9 Å². The Balaban J connectivity index is 2.76. The van der Waals surface area contributed by atoms with Crippen molar-refractivity contribution >= 4 is 11.2 Å². The van der Waals surface area contributed by atoms with Gasteiger partial charge in [-0.1, -0.05) is 0 Å². The Kier molecular flexibility index (Phi) is 1.19.